The molecule has 0 radical (unpaired) electrons. The van der Waals surface area contributed by atoms with Crippen LogP contribution in [0, 0.1) is 63.1 Å². The molecule has 0 spiro atoms. The molecule has 3 atom stereocenters. The highest BCUT2D eigenvalue weighted by Crippen LogP contribution is 2.53. The molecule has 0 N–H and O–H groups in total. The second-order valence-corrected chi connectivity index (χ2v) is 26.0. The van der Waals surface area contributed by atoms with Crippen molar-refractivity contribution < 1.29 is 0 Å². The number of fused-ring (bicyclic) bond motifs is 14. The van der Waals surface area contributed by atoms with Gasteiger partial charge in [0.05, 0.1) is 56.5 Å². The summed E-state index contributed by atoms with van der Waals surface area (Å²) in [5, 5.41) is 52.1. The summed E-state index contributed by atoms with van der Waals surface area (Å²) in [5.41, 5.74) is 7.51. The minimum absolute atomic E-state index is 0.149. The van der Waals surface area contributed by atoms with Crippen molar-refractivity contribution >= 4 is 163 Å². The number of hydrogen-bond acceptors (Lipinski definition) is 12. The van der Waals surface area contributed by atoms with Gasteiger partial charge in [-0.3, -0.25) is 0 Å². The number of thiophene rings is 6. The van der Waals surface area contributed by atoms with Gasteiger partial charge in [-0.2, -0.15) is 36.0 Å². The molecule has 0 aliphatic carbocycles. The Morgan fingerprint density at radius 3 is 1.27 bits per heavy atom. The molecule has 0 aliphatic heterocycles. The average Bonchev–Trinajstić information content (AvgIpc) is 4.29. The molecular weight excluding hydrogens is 1020 g/mol. The van der Waals surface area contributed by atoms with Gasteiger partial charge in [-0.1, -0.05) is 99.3 Å². The monoisotopic (exact) mass is 1070 g/mol. The lowest BCUT2D eigenvalue weighted by atomic mass is 9.99. The zero-order valence-corrected chi connectivity index (χ0v) is 47.3. The first-order valence-corrected chi connectivity index (χ1v) is 31.0. The number of aromatic nitrogens is 5. The number of hydrogen-bond donors (Lipinski definition) is 0. The standard InChI is InChI=1S/C58H59N9S6/c1-7-13-16-34(10-4)31-65-51-47(57-53(65)55-45(72-57)25-41(70-55)23-39-19-21-43(68-39)37(27-59)28-60)49-50(64-67(63-49)33-36(12-6)18-15-9-3)48-52(51)66(32-35(11-5)17-14-8-2)54-56-46(73-58(48)54)26-42(71-56)24-40-20-22-44(69-40)38(29-61)30-62/h19-26,34-36H,7-18,31-33H2,1-6H3/b39-23+,40-24+. The summed E-state index contributed by atoms with van der Waals surface area (Å²) in [7, 11) is 0. The Hall–Kier alpha value is -5.62. The molecule has 0 aliphatic rings. The maximum Gasteiger partial charge on any atom is 0.146 e. The molecule has 0 fully saturated rings. The van der Waals surface area contributed by atoms with E-state index in [1.54, 1.807) is 0 Å². The van der Waals surface area contributed by atoms with E-state index < -0.39 is 0 Å². The Bertz CT molecular complexity index is 3850. The highest BCUT2D eigenvalue weighted by atomic mass is 32.1. The lowest BCUT2D eigenvalue weighted by Crippen LogP contribution is -2.13. The van der Waals surface area contributed by atoms with Crippen LogP contribution in [0.15, 0.2) is 36.4 Å². The molecule has 9 aromatic heterocycles. The molecule has 0 amide bonds. The van der Waals surface area contributed by atoms with Crippen LogP contribution in [0.3, 0.4) is 0 Å². The van der Waals surface area contributed by atoms with Crippen molar-refractivity contribution in [1.29, 1.82) is 21.0 Å². The van der Waals surface area contributed by atoms with Crippen LogP contribution >= 0.6 is 68.0 Å². The minimum atomic E-state index is 0.149. The van der Waals surface area contributed by atoms with Crippen LogP contribution in [0.25, 0.3) is 95.4 Å². The van der Waals surface area contributed by atoms with Gasteiger partial charge in [-0.25, -0.2) is 0 Å². The van der Waals surface area contributed by atoms with Crippen molar-refractivity contribution in [2.75, 3.05) is 0 Å². The van der Waals surface area contributed by atoms with E-state index in [2.05, 4.69) is 104 Å². The average molecular weight is 1070 g/mol. The molecule has 73 heavy (non-hydrogen) atoms. The Balaban J connectivity index is 1.32. The van der Waals surface area contributed by atoms with Crippen molar-refractivity contribution in [3.8, 4) is 24.3 Å². The molecule has 3 unspecified atom stereocenters. The quantitative estimate of drug-likeness (QED) is 0.0746. The molecule has 9 nitrogen and oxygen atoms in total. The highest BCUT2D eigenvalue weighted by Gasteiger charge is 2.32. The predicted molar refractivity (Wildman–Crippen MR) is 314 cm³/mol. The molecule has 10 aromatic rings. The summed E-state index contributed by atoms with van der Waals surface area (Å²) >= 11 is 10.5. The topological polar surface area (TPSA) is 136 Å². The largest absolute Gasteiger partial charge is 0.337 e. The summed E-state index contributed by atoms with van der Waals surface area (Å²) in [4.78, 5) is 4.38. The second-order valence-electron chi connectivity index (χ2n) is 19.5. The van der Waals surface area contributed by atoms with Crippen molar-refractivity contribution in [2.24, 2.45) is 17.8 Å². The van der Waals surface area contributed by atoms with E-state index in [-0.39, 0.29) is 11.1 Å². The molecule has 0 saturated heterocycles. The number of nitrogens with zero attached hydrogens (tertiary/aromatic N) is 9. The lowest BCUT2D eigenvalue weighted by molar-refractivity contribution is 0.351. The van der Waals surface area contributed by atoms with E-state index in [4.69, 9.17) is 10.2 Å². The van der Waals surface area contributed by atoms with Crippen molar-refractivity contribution in [3.63, 3.8) is 0 Å². The van der Waals surface area contributed by atoms with Crippen molar-refractivity contribution in [3.05, 3.63) is 64.3 Å². The number of nitriles is 4. The maximum atomic E-state index is 9.60. The fourth-order valence-corrected chi connectivity index (χ4v) is 18.0. The van der Waals surface area contributed by atoms with Crippen molar-refractivity contribution in [2.45, 2.75) is 138 Å². The molecule has 0 saturated carbocycles. The number of unbranched alkanes of at least 4 members (excludes halogenated alkanes) is 3. The Labute approximate surface area is 449 Å². The first kappa shape index (κ1) is 50.9. The second kappa shape index (κ2) is 22.1. The van der Waals surface area contributed by atoms with E-state index >= 15 is 0 Å². The van der Waals surface area contributed by atoms with Gasteiger partial charge in [-0.15, -0.1) is 68.0 Å². The Morgan fingerprint density at radius 2 is 0.904 bits per heavy atom. The molecule has 0 bridgehead atoms. The van der Waals surface area contributed by atoms with Gasteiger partial charge in [0.2, 0.25) is 0 Å². The summed E-state index contributed by atoms with van der Waals surface area (Å²) in [6.07, 6.45) is 18.3. The summed E-state index contributed by atoms with van der Waals surface area (Å²) in [6.45, 7) is 16.6. The third-order valence-corrected chi connectivity index (χ3v) is 21.6. The van der Waals surface area contributed by atoms with Crippen LogP contribution in [-0.2, 0) is 19.6 Å². The third-order valence-electron chi connectivity index (χ3n) is 14.8. The highest BCUT2D eigenvalue weighted by molar-refractivity contribution is 7.34. The van der Waals surface area contributed by atoms with Crippen LogP contribution in [-0.4, -0.2) is 24.1 Å². The fraction of sp³-hybridized carbons (Fsp3) is 0.414. The van der Waals surface area contributed by atoms with Gasteiger partial charge in [-0.05, 0) is 85.6 Å². The maximum absolute atomic E-state index is 9.60. The first-order chi connectivity index (χ1) is 35.7. The van der Waals surface area contributed by atoms with E-state index in [0.717, 1.165) is 75.2 Å². The summed E-state index contributed by atoms with van der Waals surface area (Å²) < 4.78 is 16.6. The van der Waals surface area contributed by atoms with Gasteiger partial charge < -0.3 is 9.13 Å². The third kappa shape index (κ3) is 9.48. The van der Waals surface area contributed by atoms with E-state index in [1.807, 2.05) is 69.6 Å². The Morgan fingerprint density at radius 1 is 0.507 bits per heavy atom. The zero-order chi connectivity index (χ0) is 50.9. The normalized spacial score (nSPS) is 13.8. The summed E-state index contributed by atoms with van der Waals surface area (Å²) in [6, 6.07) is 20.7. The molecule has 15 heteroatoms. The summed E-state index contributed by atoms with van der Waals surface area (Å²) in [5.74, 6) is 1.48. The van der Waals surface area contributed by atoms with Gasteiger partial charge in [0.15, 0.2) is 0 Å². The van der Waals surface area contributed by atoms with Crippen LogP contribution in [0.2, 0.25) is 0 Å². The minimum Gasteiger partial charge on any atom is -0.337 e. The smallest absolute Gasteiger partial charge is 0.146 e. The number of benzene rings is 1. The van der Waals surface area contributed by atoms with Gasteiger partial charge in [0.1, 0.15) is 46.5 Å². The first-order valence-electron chi connectivity index (χ1n) is 26.1. The van der Waals surface area contributed by atoms with Gasteiger partial charge >= 0.3 is 0 Å². The molecular formula is C58H59N9S6. The fourth-order valence-electron chi connectivity index (χ4n) is 10.7. The van der Waals surface area contributed by atoms with Gasteiger partial charge in [0.25, 0.3) is 0 Å². The predicted octanol–water partition coefficient (Wildman–Crippen LogP) is 15.0. The zero-order valence-electron chi connectivity index (χ0n) is 42.4. The molecule has 9 heterocycles. The van der Waals surface area contributed by atoms with Crippen molar-refractivity contribution in [1.82, 2.24) is 24.1 Å². The van der Waals surface area contributed by atoms with E-state index in [0.29, 0.717) is 26.8 Å². The molecule has 372 valence electrons. The molecule has 10 rings (SSSR count). The van der Waals surface area contributed by atoms with Crippen LogP contribution < -0.4 is 18.1 Å². The SMILES string of the molecule is CCCCC(CC)Cn1nc2c(n1)c1c3sc4cc(/C=c5\ccc(=C(C#N)C#N)s5)sc4c3n(CC(CC)CCCC)c1c1c2c2sc3cc(/C=c4\ccc(=C(C#N)C#N)s4)sc3c2n1CC(CC)CCCC. The Kier molecular flexibility index (Phi) is 15.4. The molecule has 1 aromatic carbocycles. The number of rotatable bonds is 20. The van der Waals surface area contributed by atoms with Crippen LogP contribution in [0.5, 0.6) is 0 Å². The van der Waals surface area contributed by atoms with E-state index in [9.17, 15) is 21.0 Å². The van der Waals surface area contributed by atoms with E-state index in [1.165, 1.54) is 135 Å². The van der Waals surface area contributed by atoms with Gasteiger partial charge in [0, 0.05) is 52.1 Å². The lowest BCUT2D eigenvalue weighted by Gasteiger charge is -2.20. The van der Waals surface area contributed by atoms with Crippen LogP contribution in [0.4, 0.5) is 0 Å². The van der Waals surface area contributed by atoms with Crippen LogP contribution in [0.1, 0.15) is 128 Å².